The van der Waals surface area contributed by atoms with Crippen LogP contribution in [0.4, 0.5) is 10.1 Å². The molecule has 1 nitrogen and oxygen atoms in total. The molecule has 0 radical (unpaired) electrons. The second-order valence-electron chi connectivity index (χ2n) is 5.66. The Labute approximate surface area is 134 Å². The van der Waals surface area contributed by atoms with E-state index in [0.717, 1.165) is 12.8 Å². The zero-order valence-electron chi connectivity index (χ0n) is 11.7. The van der Waals surface area contributed by atoms with Gasteiger partial charge in [0, 0.05) is 6.04 Å². The molecule has 4 heteroatoms. The van der Waals surface area contributed by atoms with Crippen LogP contribution in [-0.4, -0.2) is 6.04 Å². The molecule has 0 amide bonds. The third-order valence-electron chi connectivity index (χ3n) is 4.04. The quantitative estimate of drug-likeness (QED) is 0.752. The molecule has 0 unspecified atom stereocenters. The molecule has 2 aromatic carbocycles. The van der Waals surface area contributed by atoms with Gasteiger partial charge in [-0.2, -0.15) is 0 Å². The number of rotatable bonds is 3. The van der Waals surface area contributed by atoms with Crippen molar-refractivity contribution >= 4 is 28.9 Å². The summed E-state index contributed by atoms with van der Waals surface area (Å²) < 4.78 is 13.2. The van der Waals surface area contributed by atoms with Crippen molar-refractivity contribution in [1.29, 1.82) is 0 Å². The fraction of sp³-hybridized carbons (Fsp3) is 0.294. The Kier molecular flexibility index (Phi) is 4.10. The van der Waals surface area contributed by atoms with Crippen molar-refractivity contribution in [3.63, 3.8) is 0 Å². The summed E-state index contributed by atoms with van der Waals surface area (Å²) in [7, 11) is 0. The number of benzene rings is 2. The Morgan fingerprint density at radius 3 is 2.19 bits per heavy atom. The predicted octanol–water partition coefficient (Wildman–Crippen LogP) is 5.80. The number of hydrogen-bond donors (Lipinski definition) is 1. The molecule has 1 N–H and O–H groups in total. The Balaban J connectivity index is 1.64. The predicted molar refractivity (Wildman–Crippen MR) is 87.0 cm³/mol. The first-order valence-electron chi connectivity index (χ1n) is 7.00. The van der Waals surface area contributed by atoms with Crippen LogP contribution in [0.5, 0.6) is 0 Å². The number of aryl methyl sites for hydroxylation is 1. The van der Waals surface area contributed by atoms with E-state index < -0.39 is 5.82 Å². The molecule has 0 aromatic heterocycles. The standard InChI is InChI=1S/C17H16Cl2FN/c1-10-2-4-11(5-3-10)12-6-14(7-12)21-17-15(18)8-13(20)9-16(17)19/h2-5,8-9,12,14,21H,6-7H2,1H3. The van der Waals surface area contributed by atoms with Gasteiger partial charge in [0.15, 0.2) is 0 Å². The topological polar surface area (TPSA) is 12.0 Å². The van der Waals surface area contributed by atoms with Gasteiger partial charge in [0.1, 0.15) is 5.82 Å². The van der Waals surface area contributed by atoms with E-state index in [1.54, 1.807) is 0 Å². The van der Waals surface area contributed by atoms with Gasteiger partial charge in [-0.25, -0.2) is 4.39 Å². The molecule has 1 aliphatic rings. The highest BCUT2D eigenvalue weighted by molar-refractivity contribution is 6.39. The summed E-state index contributed by atoms with van der Waals surface area (Å²) >= 11 is 12.1. The summed E-state index contributed by atoms with van der Waals surface area (Å²) in [6.07, 6.45) is 2.07. The van der Waals surface area contributed by atoms with Crippen molar-refractivity contribution < 1.29 is 4.39 Å². The first-order valence-corrected chi connectivity index (χ1v) is 7.76. The highest BCUT2D eigenvalue weighted by Crippen LogP contribution is 2.41. The van der Waals surface area contributed by atoms with Crippen LogP contribution in [0.2, 0.25) is 10.0 Å². The lowest BCUT2D eigenvalue weighted by Crippen LogP contribution is -2.34. The lowest BCUT2D eigenvalue weighted by atomic mass is 9.75. The van der Waals surface area contributed by atoms with E-state index >= 15 is 0 Å². The average molecular weight is 324 g/mol. The lowest BCUT2D eigenvalue weighted by Gasteiger charge is -2.37. The molecular weight excluding hydrogens is 308 g/mol. The Morgan fingerprint density at radius 1 is 1.05 bits per heavy atom. The normalized spacial score (nSPS) is 21.0. The molecule has 2 aromatic rings. The van der Waals surface area contributed by atoms with Gasteiger partial charge in [-0.1, -0.05) is 53.0 Å². The molecule has 21 heavy (non-hydrogen) atoms. The van der Waals surface area contributed by atoms with Gasteiger partial charge >= 0.3 is 0 Å². The maximum absolute atomic E-state index is 13.2. The molecular formula is C17H16Cl2FN. The summed E-state index contributed by atoms with van der Waals surface area (Å²) in [6.45, 7) is 2.09. The fourth-order valence-corrected chi connectivity index (χ4v) is 3.30. The van der Waals surface area contributed by atoms with Crippen molar-refractivity contribution in [2.45, 2.75) is 31.7 Å². The average Bonchev–Trinajstić information content (AvgIpc) is 2.37. The van der Waals surface area contributed by atoms with Crippen LogP contribution in [-0.2, 0) is 0 Å². The number of nitrogens with one attached hydrogen (secondary N) is 1. The van der Waals surface area contributed by atoms with Crippen LogP contribution < -0.4 is 5.32 Å². The first kappa shape index (κ1) is 14.7. The number of hydrogen-bond acceptors (Lipinski definition) is 1. The van der Waals surface area contributed by atoms with Crippen molar-refractivity contribution in [2.75, 3.05) is 5.32 Å². The van der Waals surface area contributed by atoms with Crippen molar-refractivity contribution in [3.05, 3.63) is 63.4 Å². The fourth-order valence-electron chi connectivity index (χ4n) is 2.73. The SMILES string of the molecule is Cc1ccc(C2CC(Nc3c(Cl)cc(F)cc3Cl)C2)cc1. The molecule has 1 fully saturated rings. The molecule has 1 aliphatic carbocycles. The van der Waals surface area contributed by atoms with E-state index in [-0.39, 0.29) is 0 Å². The van der Waals surface area contributed by atoms with Crippen LogP contribution in [0.15, 0.2) is 36.4 Å². The van der Waals surface area contributed by atoms with Crippen LogP contribution in [0, 0.1) is 12.7 Å². The molecule has 0 bridgehead atoms. The summed E-state index contributed by atoms with van der Waals surface area (Å²) in [5, 5.41) is 3.99. The van der Waals surface area contributed by atoms with Gasteiger partial charge in [0.25, 0.3) is 0 Å². The van der Waals surface area contributed by atoms with Crippen molar-refractivity contribution in [2.24, 2.45) is 0 Å². The van der Waals surface area contributed by atoms with Crippen molar-refractivity contribution in [3.8, 4) is 0 Å². The highest BCUT2D eigenvalue weighted by atomic mass is 35.5. The Morgan fingerprint density at radius 2 is 1.62 bits per heavy atom. The van der Waals surface area contributed by atoms with Crippen LogP contribution in [0.3, 0.4) is 0 Å². The smallest absolute Gasteiger partial charge is 0.126 e. The van der Waals surface area contributed by atoms with Gasteiger partial charge in [0.05, 0.1) is 15.7 Å². The van der Waals surface area contributed by atoms with Crippen LogP contribution >= 0.6 is 23.2 Å². The molecule has 0 atom stereocenters. The van der Waals surface area contributed by atoms with Gasteiger partial charge in [-0.15, -0.1) is 0 Å². The van der Waals surface area contributed by atoms with Gasteiger partial charge < -0.3 is 5.32 Å². The van der Waals surface area contributed by atoms with E-state index in [9.17, 15) is 4.39 Å². The minimum absolute atomic E-state index is 0.330. The monoisotopic (exact) mass is 323 g/mol. The molecule has 110 valence electrons. The Bertz CT molecular complexity index is 625. The van der Waals surface area contributed by atoms with E-state index in [1.165, 1.54) is 23.3 Å². The van der Waals surface area contributed by atoms with Gasteiger partial charge in [0.2, 0.25) is 0 Å². The minimum atomic E-state index is -0.415. The highest BCUT2D eigenvalue weighted by Gasteiger charge is 2.31. The first-order chi connectivity index (χ1) is 10.0. The van der Waals surface area contributed by atoms with E-state index in [1.807, 2.05) is 0 Å². The van der Waals surface area contributed by atoms with Gasteiger partial charge in [-0.3, -0.25) is 0 Å². The van der Waals surface area contributed by atoms with Gasteiger partial charge in [-0.05, 0) is 43.4 Å². The molecule has 0 aliphatic heterocycles. The molecule has 0 heterocycles. The third kappa shape index (κ3) is 3.17. The Hall–Kier alpha value is -1.25. The maximum Gasteiger partial charge on any atom is 0.126 e. The minimum Gasteiger partial charge on any atom is -0.380 e. The zero-order chi connectivity index (χ0) is 15.0. The van der Waals surface area contributed by atoms with Crippen LogP contribution in [0.25, 0.3) is 0 Å². The largest absolute Gasteiger partial charge is 0.380 e. The summed E-state index contributed by atoms with van der Waals surface area (Å²) in [5.41, 5.74) is 3.28. The lowest BCUT2D eigenvalue weighted by molar-refractivity contribution is 0.374. The maximum atomic E-state index is 13.2. The second kappa shape index (κ2) is 5.86. The second-order valence-corrected chi connectivity index (χ2v) is 6.48. The zero-order valence-corrected chi connectivity index (χ0v) is 13.2. The van der Waals surface area contributed by atoms with Crippen LogP contribution in [0.1, 0.15) is 29.9 Å². The van der Waals surface area contributed by atoms with E-state index in [0.29, 0.717) is 27.7 Å². The summed E-state index contributed by atoms with van der Waals surface area (Å²) in [4.78, 5) is 0. The molecule has 0 spiro atoms. The van der Waals surface area contributed by atoms with E-state index in [4.69, 9.17) is 23.2 Å². The number of halogens is 3. The summed E-state index contributed by atoms with van der Waals surface area (Å²) in [5.74, 6) is 0.155. The molecule has 0 saturated heterocycles. The molecule has 1 saturated carbocycles. The number of anilines is 1. The van der Waals surface area contributed by atoms with Crippen molar-refractivity contribution in [1.82, 2.24) is 0 Å². The summed E-state index contributed by atoms with van der Waals surface area (Å²) in [6, 6.07) is 11.6. The van der Waals surface area contributed by atoms with E-state index in [2.05, 4.69) is 36.5 Å². The molecule has 3 rings (SSSR count). The third-order valence-corrected chi connectivity index (χ3v) is 4.64.